The Morgan fingerprint density at radius 3 is 2.75 bits per heavy atom. The zero-order chi connectivity index (χ0) is 14.5. The van der Waals surface area contributed by atoms with Crippen LogP contribution in [0.25, 0.3) is 0 Å². The minimum absolute atomic E-state index is 0.210. The van der Waals surface area contributed by atoms with Crippen LogP contribution in [0.3, 0.4) is 0 Å². The maximum Gasteiger partial charge on any atom is 0.339 e. The molecule has 1 aromatic carbocycles. The van der Waals surface area contributed by atoms with E-state index in [1.807, 2.05) is 0 Å². The molecule has 0 aliphatic rings. The molecule has 0 fully saturated rings. The molecule has 0 spiro atoms. The van der Waals surface area contributed by atoms with Gasteiger partial charge in [0.05, 0.1) is 11.9 Å². The number of carbonyl (C=O) groups is 1. The number of halogens is 1. The number of hydrogen-bond donors (Lipinski definition) is 2. The van der Waals surface area contributed by atoms with Crippen molar-refractivity contribution in [3.05, 3.63) is 53.1 Å². The van der Waals surface area contributed by atoms with Crippen LogP contribution in [0.2, 0.25) is 0 Å². The SMILES string of the molecule is Cn1ncc(C(=O)O)c1CNCCc1ccc(F)cc1. The van der Waals surface area contributed by atoms with Gasteiger partial charge in [0.2, 0.25) is 0 Å². The number of carboxylic acids is 1. The van der Waals surface area contributed by atoms with E-state index >= 15 is 0 Å². The fourth-order valence-electron chi connectivity index (χ4n) is 1.94. The van der Waals surface area contributed by atoms with Crippen LogP contribution in [-0.2, 0) is 20.0 Å². The molecular formula is C14H16FN3O2. The molecule has 0 atom stereocenters. The molecule has 0 bridgehead atoms. The predicted octanol–water partition coefficient (Wildman–Crippen LogP) is 1.59. The smallest absolute Gasteiger partial charge is 0.339 e. The first-order valence-electron chi connectivity index (χ1n) is 6.27. The van der Waals surface area contributed by atoms with Gasteiger partial charge in [0.15, 0.2) is 0 Å². The molecule has 2 N–H and O–H groups in total. The summed E-state index contributed by atoms with van der Waals surface area (Å²) >= 11 is 0. The van der Waals surface area contributed by atoms with Crippen molar-refractivity contribution in [2.45, 2.75) is 13.0 Å². The molecular weight excluding hydrogens is 261 g/mol. The molecule has 20 heavy (non-hydrogen) atoms. The summed E-state index contributed by atoms with van der Waals surface area (Å²) in [5.41, 5.74) is 1.88. The van der Waals surface area contributed by atoms with Gasteiger partial charge in [-0.2, -0.15) is 5.10 Å². The quantitative estimate of drug-likeness (QED) is 0.787. The molecule has 0 aliphatic heterocycles. The van der Waals surface area contributed by atoms with E-state index in [-0.39, 0.29) is 11.4 Å². The second kappa shape index (κ2) is 6.29. The van der Waals surface area contributed by atoms with E-state index in [1.165, 1.54) is 18.3 Å². The predicted molar refractivity (Wildman–Crippen MR) is 72.0 cm³/mol. The third-order valence-electron chi connectivity index (χ3n) is 3.09. The summed E-state index contributed by atoms with van der Waals surface area (Å²) in [5, 5.41) is 16.1. The van der Waals surface area contributed by atoms with Gasteiger partial charge in [0.25, 0.3) is 0 Å². The molecule has 0 unspecified atom stereocenters. The van der Waals surface area contributed by atoms with E-state index < -0.39 is 5.97 Å². The third kappa shape index (κ3) is 3.42. The van der Waals surface area contributed by atoms with Crippen molar-refractivity contribution in [3.8, 4) is 0 Å². The largest absolute Gasteiger partial charge is 0.478 e. The van der Waals surface area contributed by atoms with Crippen molar-refractivity contribution >= 4 is 5.97 Å². The van der Waals surface area contributed by atoms with E-state index in [4.69, 9.17) is 5.11 Å². The Bertz CT molecular complexity index is 593. The summed E-state index contributed by atoms with van der Waals surface area (Å²) in [4.78, 5) is 11.0. The maximum absolute atomic E-state index is 12.7. The van der Waals surface area contributed by atoms with E-state index in [9.17, 15) is 9.18 Å². The highest BCUT2D eigenvalue weighted by Gasteiger charge is 2.14. The molecule has 1 heterocycles. The van der Waals surface area contributed by atoms with Crippen LogP contribution in [0, 0.1) is 5.82 Å². The summed E-state index contributed by atoms with van der Waals surface area (Å²) < 4.78 is 14.3. The van der Waals surface area contributed by atoms with Gasteiger partial charge in [-0.3, -0.25) is 4.68 Å². The highest BCUT2D eigenvalue weighted by molar-refractivity contribution is 5.88. The second-order valence-corrected chi connectivity index (χ2v) is 4.49. The number of rotatable bonds is 6. The first-order valence-corrected chi connectivity index (χ1v) is 6.27. The van der Waals surface area contributed by atoms with Crippen molar-refractivity contribution in [3.63, 3.8) is 0 Å². The first kappa shape index (κ1) is 14.2. The van der Waals surface area contributed by atoms with Gasteiger partial charge in [-0.15, -0.1) is 0 Å². The minimum Gasteiger partial charge on any atom is -0.478 e. The Hall–Kier alpha value is -2.21. The number of nitrogens with one attached hydrogen (secondary N) is 1. The number of aryl methyl sites for hydroxylation is 1. The fourth-order valence-corrected chi connectivity index (χ4v) is 1.94. The van der Waals surface area contributed by atoms with Gasteiger partial charge in [-0.05, 0) is 30.7 Å². The minimum atomic E-state index is -0.978. The first-order chi connectivity index (χ1) is 9.58. The highest BCUT2D eigenvalue weighted by atomic mass is 19.1. The Morgan fingerprint density at radius 1 is 1.40 bits per heavy atom. The lowest BCUT2D eigenvalue weighted by molar-refractivity contribution is 0.0695. The number of aromatic nitrogens is 2. The van der Waals surface area contributed by atoms with Crippen LogP contribution in [-0.4, -0.2) is 27.4 Å². The zero-order valence-electron chi connectivity index (χ0n) is 11.1. The number of carboxylic acid groups (broad SMARTS) is 1. The highest BCUT2D eigenvalue weighted by Crippen LogP contribution is 2.07. The lowest BCUT2D eigenvalue weighted by atomic mass is 10.1. The summed E-state index contributed by atoms with van der Waals surface area (Å²) in [6.07, 6.45) is 2.10. The fraction of sp³-hybridized carbons (Fsp3) is 0.286. The molecule has 0 saturated heterocycles. The maximum atomic E-state index is 12.7. The van der Waals surface area contributed by atoms with Crippen LogP contribution in [0.4, 0.5) is 4.39 Å². The zero-order valence-corrected chi connectivity index (χ0v) is 11.1. The third-order valence-corrected chi connectivity index (χ3v) is 3.09. The van der Waals surface area contributed by atoms with Crippen molar-refractivity contribution in [2.75, 3.05) is 6.54 Å². The Labute approximate surface area is 116 Å². The summed E-state index contributed by atoms with van der Waals surface area (Å²) in [7, 11) is 1.71. The Balaban J connectivity index is 1.86. The molecule has 5 nitrogen and oxygen atoms in total. The second-order valence-electron chi connectivity index (χ2n) is 4.49. The number of aromatic carboxylic acids is 1. The Morgan fingerprint density at radius 2 is 2.10 bits per heavy atom. The molecule has 0 radical (unpaired) electrons. The van der Waals surface area contributed by atoms with Crippen molar-refractivity contribution in [1.29, 1.82) is 0 Å². The van der Waals surface area contributed by atoms with Crippen molar-refractivity contribution in [2.24, 2.45) is 7.05 Å². The average Bonchev–Trinajstić information content (AvgIpc) is 2.78. The van der Waals surface area contributed by atoms with E-state index in [2.05, 4.69) is 10.4 Å². The topological polar surface area (TPSA) is 67.2 Å². The molecule has 0 saturated carbocycles. The number of benzene rings is 1. The lowest BCUT2D eigenvalue weighted by Gasteiger charge is -2.07. The molecule has 2 aromatic rings. The lowest BCUT2D eigenvalue weighted by Crippen LogP contribution is -2.20. The molecule has 106 valence electrons. The van der Waals surface area contributed by atoms with Gasteiger partial charge >= 0.3 is 5.97 Å². The number of nitrogens with zero attached hydrogens (tertiary/aromatic N) is 2. The molecule has 0 aliphatic carbocycles. The molecule has 2 rings (SSSR count). The van der Waals surface area contributed by atoms with E-state index in [0.29, 0.717) is 18.8 Å². The van der Waals surface area contributed by atoms with Crippen LogP contribution in [0.15, 0.2) is 30.5 Å². The van der Waals surface area contributed by atoms with Crippen LogP contribution < -0.4 is 5.32 Å². The van der Waals surface area contributed by atoms with Crippen LogP contribution in [0.5, 0.6) is 0 Å². The van der Waals surface area contributed by atoms with Crippen molar-refractivity contribution in [1.82, 2.24) is 15.1 Å². The average molecular weight is 277 g/mol. The molecule has 0 amide bonds. The van der Waals surface area contributed by atoms with Crippen LogP contribution in [0.1, 0.15) is 21.6 Å². The monoisotopic (exact) mass is 277 g/mol. The van der Waals surface area contributed by atoms with Gasteiger partial charge in [-0.25, -0.2) is 9.18 Å². The Kier molecular flexibility index (Phi) is 4.47. The van der Waals surface area contributed by atoms with Gasteiger partial charge in [0, 0.05) is 13.6 Å². The van der Waals surface area contributed by atoms with Crippen molar-refractivity contribution < 1.29 is 14.3 Å². The van der Waals surface area contributed by atoms with Gasteiger partial charge < -0.3 is 10.4 Å². The van der Waals surface area contributed by atoms with Crippen LogP contribution >= 0.6 is 0 Å². The van der Waals surface area contributed by atoms with Gasteiger partial charge in [-0.1, -0.05) is 12.1 Å². The molecule has 6 heteroatoms. The van der Waals surface area contributed by atoms with Gasteiger partial charge in [0.1, 0.15) is 11.4 Å². The normalized spacial score (nSPS) is 10.7. The van der Waals surface area contributed by atoms with E-state index in [0.717, 1.165) is 12.0 Å². The molecule has 1 aromatic heterocycles. The standard InChI is InChI=1S/C14H16FN3O2/c1-18-13(12(8-17-18)14(19)20)9-16-7-6-10-2-4-11(15)5-3-10/h2-5,8,16H,6-7,9H2,1H3,(H,19,20). The summed E-state index contributed by atoms with van der Waals surface area (Å²) in [6, 6.07) is 6.34. The van der Waals surface area contributed by atoms with E-state index in [1.54, 1.807) is 23.9 Å². The number of hydrogen-bond acceptors (Lipinski definition) is 3. The summed E-state index contributed by atoms with van der Waals surface area (Å²) in [6.45, 7) is 1.11. The summed E-state index contributed by atoms with van der Waals surface area (Å²) in [5.74, 6) is -1.23.